The summed E-state index contributed by atoms with van der Waals surface area (Å²) in [5.74, 6) is -1.78. The molecular weight excluding hydrogens is 346 g/mol. The molecule has 1 aromatic carbocycles. The first kappa shape index (κ1) is 17.9. The number of sulfone groups is 1. The number of rotatable bonds is 4. The molecule has 0 unspecified atom stereocenters. The van der Waals surface area contributed by atoms with Gasteiger partial charge in [0.2, 0.25) is 5.91 Å². The Morgan fingerprint density at radius 3 is 2.56 bits per heavy atom. The van der Waals surface area contributed by atoms with Crippen molar-refractivity contribution in [1.29, 1.82) is 0 Å². The maximum Gasteiger partial charge on any atom is 0.305 e. The normalized spacial score (nSPS) is 28.0. The van der Waals surface area contributed by atoms with Crippen LogP contribution in [-0.4, -0.2) is 55.9 Å². The molecule has 0 aliphatic carbocycles. The molecule has 7 nitrogen and oxygen atoms in total. The number of benzene rings is 1. The van der Waals surface area contributed by atoms with E-state index in [0.717, 1.165) is 0 Å². The third kappa shape index (κ3) is 2.83. The summed E-state index contributed by atoms with van der Waals surface area (Å²) in [7, 11) is -2.69. The number of hydrogen-bond donors (Lipinski definition) is 0. The molecule has 8 heteroatoms. The summed E-state index contributed by atoms with van der Waals surface area (Å²) in [5.41, 5.74) is -0.906. The molecule has 0 spiro atoms. The largest absolute Gasteiger partial charge is 0.469 e. The first-order chi connectivity index (χ1) is 11.7. The summed E-state index contributed by atoms with van der Waals surface area (Å²) >= 11 is 0. The van der Waals surface area contributed by atoms with Gasteiger partial charge in [0.05, 0.1) is 31.1 Å². The summed E-state index contributed by atoms with van der Waals surface area (Å²) < 4.78 is 36.6. The zero-order chi connectivity index (χ0) is 18.4. The van der Waals surface area contributed by atoms with Gasteiger partial charge in [-0.15, -0.1) is 0 Å². The van der Waals surface area contributed by atoms with Crippen LogP contribution in [0.4, 0.5) is 0 Å². The van der Waals surface area contributed by atoms with Gasteiger partial charge in [0.25, 0.3) is 0 Å². The monoisotopic (exact) mass is 367 g/mol. The van der Waals surface area contributed by atoms with Crippen molar-refractivity contribution < 1.29 is 27.5 Å². The van der Waals surface area contributed by atoms with Gasteiger partial charge in [0.15, 0.2) is 9.84 Å². The fraction of sp³-hybridized carbons (Fsp3) is 0.529. The Morgan fingerprint density at radius 1 is 1.32 bits per heavy atom. The van der Waals surface area contributed by atoms with Crippen LogP contribution in [0.3, 0.4) is 0 Å². The van der Waals surface area contributed by atoms with Gasteiger partial charge in [-0.25, -0.2) is 8.42 Å². The van der Waals surface area contributed by atoms with Gasteiger partial charge < -0.3 is 14.4 Å². The second kappa shape index (κ2) is 6.10. The summed E-state index contributed by atoms with van der Waals surface area (Å²) in [4.78, 5) is 26.4. The molecule has 136 valence electrons. The van der Waals surface area contributed by atoms with Gasteiger partial charge in [-0.1, -0.05) is 18.2 Å². The van der Waals surface area contributed by atoms with Crippen LogP contribution in [0, 0.1) is 5.92 Å². The average Bonchev–Trinajstić information content (AvgIpc) is 3.04. The van der Waals surface area contributed by atoms with Crippen LogP contribution < -0.4 is 0 Å². The van der Waals surface area contributed by atoms with Crippen LogP contribution in [0.2, 0.25) is 0 Å². The van der Waals surface area contributed by atoms with E-state index in [0.29, 0.717) is 0 Å². The molecule has 3 rings (SSSR count). The number of hydrogen-bond acceptors (Lipinski definition) is 6. The lowest BCUT2D eigenvalue weighted by molar-refractivity contribution is -0.142. The highest BCUT2D eigenvalue weighted by atomic mass is 32.2. The maximum atomic E-state index is 13.1. The smallest absolute Gasteiger partial charge is 0.305 e. The van der Waals surface area contributed by atoms with Gasteiger partial charge in [0.1, 0.15) is 11.0 Å². The Hall–Kier alpha value is -1.93. The predicted octanol–water partition coefficient (Wildman–Crippen LogP) is 0.985. The zero-order valence-electron chi connectivity index (χ0n) is 14.3. The number of amides is 1. The topological polar surface area (TPSA) is 90.0 Å². The van der Waals surface area contributed by atoms with E-state index in [2.05, 4.69) is 0 Å². The fourth-order valence-electron chi connectivity index (χ4n) is 3.74. The van der Waals surface area contributed by atoms with Crippen molar-refractivity contribution in [1.82, 2.24) is 4.90 Å². The number of fused-ring (bicyclic) bond motifs is 1. The lowest BCUT2D eigenvalue weighted by Crippen LogP contribution is -2.46. The maximum absolute atomic E-state index is 13.1. The van der Waals surface area contributed by atoms with Crippen molar-refractivity contribution in [2.45, 2.75) is 42.2 Å². The van der Waals surface area contributed by atoms with Crippen LogP contribution in [0.5, 0.6) is 0 Å². The molecule has 2 aliphatic rings. The van der Waals surface area contributed by atoms with Crippen LogP contribution in [0.25, 0.3) is 0 Å². The number of ether oxygens (including phenoxy) is 2. The van der Waals surface area contributed by atoms with Gasteiger partial charge in [-0.05, 0) is 26.0 Å². The molecule has 25 heavy (non-hydrogen) atoms. The van der Waals surface area contributed by atoms with Crippen molar-refractivity contribution in [3.05, 3.63) is 30.3 Å². The minimum atomic E-state index is -3.94. The van der Waals surface area contributed by atoms with Crippen molar-refractivity contribution in [2.24, 2.45) is 5.92 Å². The van der Waals surface area contributed by atoms with Crippen molar-refractivity contribution in [2.75, 3.05) is 13.7 Å². The van der Waals surface area contributed by atoms with E-state index < -0.39 is 44.6 Å². The lowest BCUT2D eigenvalue weighted by atomic mass is 9.97. The molecular formula is C17H21NO6S. The minimum absolute atomic E-state index is 0.0723. The average molecular weight is 367 g/mol. The third-order valence-electron chi connectivity index (χ3n) is 4.92. The van der Waals surface area contributed by atoms with E-state index in [4.69, 9.17) is 9.47 Å². The number of carbonyl (C=O) groups is 2. The van der Waals surface area contributed by atoms with E-state index in [1.165, 1.54) is 24.1 Å². The first-order valence-corrected chi connectivity index (χ1v) is 9.57. The highest BCUT2D eigenvalue weighted by molar-refractivity contribution is 7.92. The van der Waals surface area contributed by atoms with Crippen LogP contribution >= 0.6 is 0 Å². The van der Waals surface area contributed by atoms with Gasteiger partial charge in [-0.3, -0.25) is 9.59 Å². The number of nitrogens with zero attached hydrogens (tertiary/aromatic N) is 1. The molecule has 0 bridgehead atoms. The number of esters is 1. The van der Waals surface area contributed by atoms with Crippen molar-refractivity contribution >= 4 is 21.7 Å². The van der Waals surface area contributed by atoms with Crippen LogP contribution in [0.1, 0.15) is 20.3 Å². The number of methoxy groups -OCH3 is 1. The molecule has 2 heterocycles. The first-order valence-electron chi connectivity index (χ1n) is 8.03. The molecule has 2 fully saturated rings. The Labute approximate surface area is 146 Å². The van der Waals surface area contributed by atoms with Crippen molar-refractivity contribution in [3.63, 3.8) is 0 Å². The molecule has 3 atom stereocenters. The Balaban J connectivity index is 2.06. The Morgan fingerprint density at radius 2 is 1.96 bits per heavy atom. The minimum Gasteiger partial charge on any atom is -0.469 e. The standard InChI is InChI=1S/C17H21NO6S/c1-17(2)18-13(10-24-17)12(9-14(19)23-3)15(16(18)20)25(21,22)11-7-5-4-6-8-11/h4-8,12-13,15H,9-10H2,1-3H3/t12-,13-,15+/m1/s1. The van der Waals surface area contributed by atoms with E-state index in [1.54, 1.807) is 32.0 Å². The zero-order valence-corrected chi connectivity index (χ0v) is 15.2. The highest BCUT2D eigenvalue weighted by Gasteiger charge is 2.61. The molecule has 0 aromatic heterocycles. The predicted molar refractivity (Wildman–Crippen MR) is 88.2 cm³/mol. The molecule has 2 aliphatic heterocycles. The van der Waals surface area contributed by atoms with Gasteiger partial charge in [0, 0.05) is 5.92 Å². The van der Waals surface area contributed by atoms with Crippen LogP contribution in [-0.2, 0) is 28.9 Å². The summed E-state index contributed by atoms with van der Waals surface area (Å²) in [6.07, 6.45) is -0.153. The molecule has 0 saturated carbocycles. The fourth-order valence-corrected chi connectivity index (χ4v) is 5.68. The molecule has 1 aromatic rings. The Kier molecular flexibility index (Phi) is 4.36. The quantitative estimate of drug-likeness (QED) is 0.737. The third-order valence-corrected chi connectivity index (χ3v) is 7.07. The SMILES string of the molecule is COC(=O)C[C@@H]1[C@H]2COC(C)(C)N2C(=O)[C@H]1S(=O)(=O)c1ccccc1. The molecule has 0 N–H and O–H groups in total. The number of carbonyl (C=O) groups excluding carboxylic acids is 2. The second-order valence-electron chi connectivity index (χ2n) is 6.76. The molecule has 2 saturated heterocycles. The lowest BCUT2D eigenvalue weighted by Gasteiger charge is -2.29. The van der Waals surface area contributed by atoms with E-state index in [1.807, 2.05) is 0 Å². The van der Waals surface area contributed by atoms with E-state index in [-0.39, 0.29) is 17.9 Å². The van der Waals surface area contributed by atoms with Crippen molar-refractivity contribution in [3.8, 4) is 0 Å². The van der Waals surface area contributed by atoms with Crippen LogP contribution in [0.15, 0.2) is 35.2 Å². The summed E-state index contributed by atoms with van der Waals surface area (Å²) in [6, 6.07) is 7.37. The molecule has 1 amide bonds. The summed E-state index contributed by atoms with van der Waals surface area (Å²) in [6.45, 7) is 3.64. The van der Waals surface area contributed by atoms with Gasteiger partial charge >= 0.3 is 5.97 Å². The second-order valence-corrected chi connectivity index (χ2v) is 8.83. The van der Waals surface area contributed by atoms with Gasteiger partial charge in [-0.2, -0.15) is 0 Å². The Bertz CT molecular complexity index is 789. The molecule has 0 radical (unpaired) electrons. The highest BCUT2D eigenvalue weighted by Crippen LogP contribution is 2.44. The summed E-state index contributed by atoms with van der Waals surface area (Å²) in [5, 5.41) is -1.32. The van der Waals surface area contributed by atoms with E-state index >= 15 is 0 Å². The van der Waals surface area contributed by atoms with E-state index in [9.17, 15) is 18.0 Å².